The van der Waals surface area contributed by atoms with Gasteiger partial charge in [-0.15, -0.1) is 0 Å². The fourth-order valence-electron chi connectivity index (χ4n) is 4.95. The monoisotopic (exact) mass is 514 g/mol. The quantitative estimate of drug-likeness (QED) is 0.500. The zero-order valence-electron chi connectivity index (χ0n) is 20.3. The molecule has 1 aliphatic carbocycles. The number of amides is 4. The van der Waals surface area contributed by atoms with Crippen molar-refractivity contribution in [3.8, 4) is 0 Å². The first-order valence-electron chi connectivity index (χ1n) is 12.8. The van der Waals surface area contributed by atoms with Gasteiger partial charge in [0.05, 0.1) is 5.75 Å². The third-order valence-electron chi connectivity index (χ3n) is 6.88. The van der Waals surface area contributed by atoms with E-state index in [0.717, 1.165) is 51.4 Å². The number of ether oxygens (including phenoxy) is 1. The fourth-order valence-corrected chi connectivity index (χ4v) is 6.08. The van der Waals surface area contributed by atoms with E-state index in [1.165, 1.54) is 4.90 Å². The lowest BCUT2D eigenvalue weighted by atomic mass is 10.0. The lowest BCUT2D eigenvalue weighted by Crippen LogP contribution is -2.54. The van der Waals surface area contributed by atoms with E-state index < -0.39 is 45.9 Å². The summed E-state index contributed by atoms with van der Waals surface area (Å²) in [5.41, 5.74) is 0. The highest BCUT2D eigenvalue weighted by atomic mass is 32.2. The molecule has 12 heteroatoms. The molecule has 2 atom stereocenters. The summed E-state index contributed by atoms with van der Waals surface area (Å²) in [5, 5.41) is 5.14. The van der Waals surface area contributed by atoms with Gasteiger partial charge in [-0.2, -0.15) is 0 Å². The zero-order valence-corrected chi connectivity index (χ0v) is 21.1. The van der Waals surface area contributed by atoms with E-state index in [9.17, 15) is 27.6 Å². The van der Waals surface area contributed by atoms with Crippen LogP contribution < -0.4 is 15.4 Å². The topological polar surface area (TPSA) is 151 Å². The Morgan fingerprint density at radius 1 is 0.914 bits per heavy atom. The number of rotatable bonds is 5. The van der Waals surface area contributed by atoms with Crippen LogP contribution in [0.2, 0.25) is 0 Å². The second-order valence-electron chi connectivity index (χ2n) is 9.67. The highest BCUT2D eigenvalue weighted by molar-refractivity contribution is 7.90. The van der Waals surface area contributed by atoms with Crippen LogP contribution >= 0.6 is 0 Å². The first kappa shape index (κ1) is 27.2. The molecule has 4 amide bonds. The van der Waals surface area contributed by atoms with E-state index in [2.05, 4.69) is 15.4 Å². The van der Waals surface area contributed by atoms with Gasteiger partial charge in [-0.05, 0) is 51.4 Å². The summed E-state index contributed by atoms with van der Waals surface area (Å²) in [6.07, 6.45) is 9.03. The molecule has 11 nitrogen and oxygen atoms in total. The molecular weight excluding hydrogens is 476 g/mol. The van der Waals surface area contributed by atoms with Crippen LogP contribution in [-0.4, -0.2) is 74.2 Å². The smallest absolute Gasteiger partial charge is 0.407 e. The normalized spacial score (nSPS) is 26.2. The Labute approximate surface area is 207 Å². The standard InChI is InChI=1S/C23H38N4O7S/c28-20(16-24-23(31)34-17-10-6-7-11-17)27-14-9-13-19(27)22(30)25-18-12-5-3-1-2-4-8-15-35(32,33)26-21(18)29/h17-19H,1-16H2,(H,24,31)(H,25,30)(H,26,29). The molecular formula is C23H38N4O7S. The highest BCUT2D eigenvalue weighted by Crippen LogP contribution is 2.21. The predicted molar refractivity (Wildman–Crippen MR) is 128 cm³/mol. The van der Waals surface area contributed by atoms with Gasteiger partial charge in [-0.25, -0.2) is 13.2 Å². The fraction of sp³-hybridized carbons (Fsp3) is 0.826. The molecule has 0 aromatic carbocycles. The molecule has 3 fully saturated rings. The maximum atomic E-state index is 13.0. The number of sulfonamides is 1. The van der Waals surface area contributed by atoms with Crippen LogP contribution in [0.25, 0.3) is 0 Å². The third kappa shape index (κ3) is 8.66. The molecule has 2 saturated heterocycles. The Morgan fingerprint density at radius 3 is 2.31 bits per heavy atom. The van der Waals surface area contributed by atoms with Crippen LogP contribution in [0.4, 0.5) is 4.79 Å². The van der Waals surface area contributed by atoms with Crippen molar-refractivity contribution in [1.82, 2.24) is 20.3 Å². The summed E-state index contributed by atoms with van der Waals surface area (Å²) in [6.45, 7) is 0.0823. The van der Waals surface area contributed by atoms with Gasteiger partial charge < -0.3 is 20.3 Å². The Kier molecular flexibility index (Phi) is 10.2. The molecule has 0 spiro atoms. The van der Waals surface area contributed by atoms with E-state index in [4.69, 9.17) is 4.74 Å². The van der Waals surface area contributed by atoms with Crippen LogP contribution in [-0.2, 0) is 29.1 Å². The zero-order chi connectivity index (χ0) is 25.3. The Hall–Kier alpha value is -2.37. The highest BCUT2D eigenvalue weighted by Gasteiger charge is 2.36. The van der Waals surface area contributed by atoms with Gasteiger partial charge in [-0.1, -0.05) is 32.1 Å². The van der Waals surface area contributed by atoms with Crippen LogP contribution in [0.15, 0.2) is 0 Å². The van der Waals surface area contributed by atoms with Gasteiger partial charge in [0.25, 0.3) is 5.91 Å². The number of hydrogen-bond acceptors (Lipinski definition) is 7. The van der Waals surface area contributed by atoms with Crippen LogP contribution in [0.1, 0.15) is 83.5 Å². The van der Waals surface area contributed by atoms with Crippen molar-refractivity contribution in [2.45, 2.75) is 102 Å². The van der Waals surface area contributed by atoms with E-state index >= 15 is 0 Å². The van der Waals surface area contributed by atoms with Crippen molar-refractivity contribution in [2.24, 2.45) is 0 Å². The number of carbonyl (C=O) groups is 4. The summed E-state index contributed by atoms with van der Waals surface area (Å²) in [5.74, 6) is -1.77. The van der Waals surface area contributed by atoms with E-state index in [1.807, 2.05) is 0 Å². The van der Waals surface area contributed by atoms with Gasteiger partial charge in [0.15, 0.2) is 0 Å². The number of carbonyl (C=O) groups excluding carboxylic acids is 4. The van der Waals surface area contributed by atoms with Crippen molar-refractivity contribution >= 4 is 33.8 Å². The lowest BCUT2D eigenvalue weighted by molar-refractivity contribution is -0.138. The number of likely N-dealkylation sites (tertiary alicyclic amines) is 1. The number of nitrogens with zero attached hydrogens (tertiary/aromatic N) is 1. The molecule has 198 valence electrons. The first-order chi connectivity index (χ1) is 16.7. The molecule has 3 rings (SSSR count). The molecule has 2 aliphatic heterocycles. The molecule has 35 heavy (non-hydrogen) atoms. The molecule has 0 radical (unpaired) electrons. The molecule has 0 aromatic rings. The van der Waals surface area contributed by atoms with Crippen LogP contribution in [0.3, 0.4) is 0 Å². The third-order valence-corrected chi connectivity index (χ3v) is 8.22. The van der Waals surface area contributed by atoms with Gasteiger partial charge in [0, 0.05) is 6.54 Å². The minimum absolute atomic E-state index is 0.115. The van der Waals surface area contributed by atoms with Crippen molar-refractivity contribution in [3.05, 3.63) is 0 Å². The maximum absolute atomic E-state index is 13.0. The van der Waals surface area contributed by atoms with Gasteiger partial charge >= 0.3 is 6.09 Å². The molecule has 2 unspecified atom stereocenters. The largest absolute Gasteiger partial charge is 0.446 e. The molecule has 3 N–H and O–H groups in total. The van der Waals surface area contributed by atoms with E-state index in [-0.39, 0.29) is 18.4 Å². The van der Waals surface area contributed by atoms with Crippen molar-refractivity contribution in [2.75, 3.05) is 18.8 Å². The second kappa shape index (κ2) is 13.1. The Morgan fingerprint density at radius 2 is 1.57 bits per heavy atom. The van der Waals surface area contributed by atoms with Crippen molar-refractivity contribution < 1.29 is 32.3 Å². The average Bonchev–Trinajstić information content (AvgIpc) is 3.49. The number of hydrogen-bond donors (Lipinski definition) is 3. The minimum Gasteiger partial charge on any atom is -0.446 e. The van der Waals surface area contributed by atoms with E-state index in [0.29, 0.717) is 38.6 Å². The summed E-state index contributed by atoms with van der Waals surface area (Å²) >= 11 is 0. The van der Waals surface area contributed by atoms with Crippen LogP contribution in [0, 0.1) is 0 Å². The molecule has 3 aliphatic rings. The SMILES string of the molecule is O=C(NCC(=O)N1CCCC1C(=O)NC1CCCCCCCCS(=O)(=O)NC1=O)OC1CCCC1. The molecule has 2 heterocycles. The molecule has 0 aromatic heterocycles. The predicted octanol–water partition coefficient (Wildman–Crippen LogP) is 1.32. The van der Waals surface area contributed by atoms with Gasteiger partial charge in [0.2, 0.25) is 21.8 Å². The number of alkyl carbamates (subject to hydrolysis) is 1. The molecule has 0 bridgehead atoms. The lowest BCUT2D eigenvalue weighted by Gasteiger charge is -2.26. The summed E-state index contributed by atoms with van der Waals surface area (Å²) in [4.78, 5) is 51.8. The molecule has 1 saturated carbocycles. The van der Waals surface area contributed by atoms with Crippen molar-refractivity contribution in [3.63, 3.8) is 0 Å². The van der Waals surface area contributed by atoms with Crippen LogP contribution in [0.5, 0.6) is 0 Å². The average molecular weight is 515 g/mol. The second-order valence-corrected chi connectivity index (χ2v) is 11.5. The summed E-state index contributed by atoms with van der Waals surface area (Å²) < 4.78 is 31.8. The maximum Gasteiger partial charge on any atom is 0.407 e. The Balaban J connectivity index is 1.54. The van der Waals surface area contributed by atoms with Gasteiger partial charge in [0.1, 0.15) is 24.7 Å². The van der Waals surface area contributed by atoms with Crippen molar-refractivity contribution in [1.29, 1.82) is 0 Å². The summed E-state index contributed by atoms with van der Waals surface area (Å²) in [6, 6.07) is -1.77. The minimum atomic E-state index is -3.76. The summed E-state index contributed by atoms with van der Waals surface area (Å²) in [7, 11) is -3.76. The van der Waals surface area contributed by atoms with Gasteiger partial charge in [-0.3, -0.25) is 19.1 Å². The number of nitrogens with one attached hydrogen (secondary N) is 3. The van der Waals surface area contributed by atoms with E-state index in [1.54, 1.807) is 0 Å². The Bertz CT molecular complexity index is 873. The first-order valence-corrected chi connectivity index (χ1v) is 14.5.